The van der Waals surface area contributed by atoms with E-state index < -0.39 is 11.4 Å². The molecular weight excluding hydrogens is 322 g/mol. The largest absolute Gasteiger partial charge is 0.496 e. The number of methoxy groups -OCH3 is 2. The van der Waals surface area contributed by atoms with Crippen LogP contribution < -0.4 is 4.74 Å². The number of carbonyl (C=O) groups is 2. The number of nitrogens with zero attached hydrogens (tertiary/aromatic N) is 1. The highest BCUT2D eigenvalue weighted by Gasteiger charge is 2.43. The molecule has 6 nitrogen and oxygen atoms in total. The molecule has 0 bridgehead atoms. The lowest BCUT2D eigenvalue weighted by Gasteiger charge is -2.40. The van der Waals surface area contributed by atoms with E-state index in [4.69, 9.17) is 9.47 Å². The minimum absolute atomic E-state index is 0.131. The Morgan fingerprint density at radius 2 is 2.08 bits per heavy atom. The summed E-state index contributed by atoms with van der Waals surface area (Å²) in [6.45, 7) is 3.19. The molecule has 1 fully saturated rings. The van der Waals surface area contributed by atoms with E-state index in [1.807, 2.05) is 13.0 Å². The van der Waals surface area contributed by atoms with Crippen molar-refractivity contribution in [1.29, 1.82) is 0 Å². The third-order valence-electron chi connectivity index (χ3n) is 5.06. The predicted octanol–water partition coefficient (Wildman–Crippen LogP) is 2.74. The van der Waals surface area contributed by atoms with Gasteiger partial charge in [-0.1, -0.05) is 6.07 Å². The lowest BCUT2D eigenvalue weighted by atomic mass is 9.76. The summed E-state index contributed by atoms with van der Waals surface area (Å²) in [5, 5.41) is 9.80. The molecule has 0 spiro atoms. The molecule has 25 heavy (non-hydrogen) atoms. The van der Waals surface area contributed by atoms with Crippen molar-refractivity contribution in [3.63, 3.8) is 0 Å². The summed E-state index contributed by atoms with van der Waals surface area (Å²) >= 11 is 0. The molecule has 6 heteroatoms. The monoisotopic (exact) mass is 349 g/mol. The molecular formula is C19H27NO5. The molecule has 0 radical (unpaired) electrons. The van der Waals surface area contributed by atoms with E-state index in [2.05, 4.69) is 0 Å². The van der Waals surface area contributed by atoms with E-state index in [0.717, 1.165) is 5.56 Å². The van der Waals surface area contributed by atoms with Crippen molar-refractivity contribution in [2.75, 3.05) is 33.9 Å². The number of aliphatic carboxylic acids is 1. The van der Waals surface area contributed by atoms with Crippen LogP contribution in [0.4, 0.5) is 0 Å². The number of piperidine rings is 1. The number of hydrogen-bond donors (Lipinski definition) is 1. The Balaban J connectivity index is 2.21. The molecule has 1 atom stereocenters. The number of amides is 1. The highest BCUT2D eigenvalue weighted by molar-refractivity contribution is 5.96. The molecule has 0 aliphatic carbocycles. The van der Waals surface area contributed by atoms with Crippen molar-refractivity contribution in [2.24, 2.45) is 5.41 Å². The van der Waals surface area contributed by atoms with Crippen molar-refractivity contribution in [2.45, 2.75) is 32.6 Å². The van der Waals surface area contributed by atoms with Crippen LogP contribution in [0.5, 0.6) is 5.75 Å². The first-order valence-corrected chi connectivity index (χ1v) is 8.60. The van der Waals surface area contributed by atoms with Crippen LogP contribution in [0.2, 0.25) is 0 Å². The maximum Gasteiger partial charge on any atom is 0.311 e. The van der Waals surface area contributed by atoms with Crippen molar-refractivity contribution < 1.29 is 24.2 Å². The molecule has 0 saturated carbocycles. The minimum Gasteiger partial charge on any atom is -0.496 e. The van der Waals surface area contributed by atoms with Crippen LogP contribution in [0.15, 0.2) is 18.2 Å². The highest BCUT2D eigenvalue weighted by Crippen LogP contribution is 2.36. The molecule has 1 saturated heterocycles. The normalized spacial score (nSPS) is 20.4. The van der Waals surface area contributed by atoms with Crippen molar-refractivity contribution in [1.82, 2.24) is 4.90 Å². The van der Waals surface area contributed by atoms with Gasteiger partial charge < -0.3 is 19.5 Å². The Kier molecular flexibility index (Phi) is 6.42. The maximum atomic E-state index is 13.0. The summed E-state index contributed by atoms with van der Waals surface area (Å²) in [6.07, 6.45) is 2.46. The van der Waals surface area contributed by atoms with Gasteiger partial charge in [0.1, 0.15) is 5.75 Å². The van der Waals surface area contributed by atoms with Crippen LogP contribution in [0, 0.1) is 12.3 Å². The number of likely N-dealkylation sites (tertiary alicyclic amines) is 1. The Hall–Kier alpha value is -2.08. The number of carboxylic acid groups (broad SMARTS) is 1. The Morgan fingerprint density at radius 1 is 1.32 bits per heavy atom. The van der Waals surface area contributed by atoms with Gasteiger partial charge in [-0.15, -0.1) is 0 Å². The van der Waals surface area contributed by atoms with E-state index in [0.29, 0.717) is 50.1 Å². The molecule has 0 aromatic heterocycles. The number of carbonyl (C=O) groups excluding carboxylic acids is 1. The zero-order valence-corrected chi connectivity index (χ0v) is 15.2. The molecule has 2 rings (SSSR count). The zero-order chi connectivity index (χ0) is 18.4. The second kappa shape index (κ2) is 8.34. The summed E-state index contributed by atoms with van der Waals surface area (Å²) in [5.74, 6) is -0.301. The van der Waals surface area contributed by atoms with Crippen LogP contribution in [0.25, 0.3) is 0 Å². The van der Waals surface area contributed by atoms with E-state index in [-0.39, 0.29) is 12.5 Å². The summed E-state index contributed by atoms with van der Waals surface area (Å²) < 4.78 is 10.3. The van der Waals surface area contributed by atoms with Gasteiger partial charge in [0, 0.05) is 37.9 Å². The average Bonchev–Trinajstić information content (AvgIpc) is 2.61. The smallest absolute Gasteiger partial charge is 0.311 e. The number of benzene rings is 1. The number of hydrogen-bond acceptors (Lipinski definition) is 4. The van der Waals surface area contributed by atoms with E-state index >= 15 is 0 Å². The molecule has 0 unspecified atom stereocenters. The van der Waals surface area contributed by atoms with Crippen molar-refractivity contribution in [3.8, 4) is 5.75 Å². The van der Waals surface area contributed by atoms with Gasteiger partial charge in [0.15, 0.2) is 0 Å². The topological polar surface area (TPSA) is 76.1 Å². The molecule has 1 aromatic rings. The van der Waals surface area contributed by atoms with Crippen molar-refractivity contribution >= 4 is 11.9 Å². The van der Waals surface area contributed by atoms with Gasteiger partial charge in [0.2, 0.25) is 0 Å². The first-order valence-electron chi connectivity index (χ1n) is 8.60. The molecule has 1 amide bonds. The molecule has 1 heterocycles. The fourth-order valence-electron chi connectivity index (χ4n) is 3.58. The van der Waals surface area contributed by atoms with Gasteiger partial charge in [-0.25, -0.2) is 0 Å². The van der Waals surface area contributed by atoms with Crippen LogP contribution in [-0.2, 0) is 9.53 Å². The molecule has 1 aliphatic rings. The average molecular weight is 349 g/mol. The minimum atomic E-state index is -0.890. The summed E-state index contributed by atoms with van der Waals surface area (Å²) in [6, 6.07) is 5.36. The number of carboxylic acids is 1. The molecule has 1 aromatic carbocycles. The quantitative estimate of drug-likeness (QED) is 0.766. The third kappa shape index (κ3) is 4.12. The molecule has 138 valence electrons. The van der Waals surface area contributed by atoms with Gasteiger partial charge in [0.25, 0.3) is 5.91 Å². The number of ether oxygens (including phenoxy) is 2. The Morgan fingerprint density at radius 3 is 2.72 bits per heavy atom. The van der Waals surface area contributed by atoms with Crippen LogP contribution in [0.1, 0.15) is 41.6 Å². The standard InChI is InChI=1S/C19H27NO5/c1-14-15(7-4-8-16(14)25-3)17(21)20-11-5-9-19(13-20,18(22)23)10-6-12-24-2/h4,7-8H,5-6,9-13H2,1-3H3,(H,22,23)/t19-/m1/s1. The van der Waals surface area contributed by atoms with E-state index in [9.17, 15) is 14.7 Å². The summed E-state index contributed by atoms with van der Waals surface area (Å²) in [7, 11) is 3.18. The zero-order valence-electron chi connectivity index (χ0n) is 15.2. The first kappa shape index (κ1) is 19.2. The predicted molar refractivity (Wildman–Crippen MR) is 94.0 cm³/mol. The lowest BCUT2D eigenvalue weighted by molar-refractivity contribution is -0.152. The maximum absolute atomic E-state index is 13.0. The highest BCUT2D eigenvalue weighted by atomic mass is 16.5. The summed E-state index contributed by atoms with van der Waals surface area (Å²) in [5.41, 5.74) is 0.456. The fourth-order valence-corrected chi connectivity index (χ4v) is 3.58. The van der Waals surface area contributed by atoms with Gasteiger partial charge in [-0.2, -0.15) is 0 Å². The lowest BCUT2D eigenvalue weighted by Crippen LogP contribution is -2.50. The van der Waals surface area contributed by atoms with Crippen LogP contribution >= 0.6 is 0 Å². The first-order chi connectivity index (χ1) is 11.9. The molecule has 1 N–H and O–H groups in total. The second-order valence-corrected chi connectivity index (χ2v) is 6.64. The van der Waals surface area contributed by atoms with Crippen molar-refractivity contribution in [3.05, 3.63) is 29.3 Å². The Labute approximate surface area is 148 Å². The van der Waals surface area contributed by atoms with Gasteiger partial charge in [-0.3, -0.25) is 9.59 Å². The SMILES string of the molecule is COCCC[C@]1(C(=O)O)CCCN(C(=O)c2cccc(OC)c2C)C1. The fraction of sp³-hybridized carbons (Fsp3) is 0.579. The second-order valence-electron chi connectivity index (χ2n) is 6.64. The van der Waals surface area contributed by atoms with Gasteiger partial charge in [0.05, 0.1) is 12.5 Å². The Bertz CT molecular complexity index is 630. The third-order valence-corrected chi connectivity index (χ3v) is 5.06. The van der Waals surface area contributed by atoms with Gasteiger partial charge in [-0.05, 0) is 44.7 Å². The number of rotatable bonds is 7. The van der Waals surface area contributed by atoms with Crippen LogP contribution in [-0.4, -0.2) is 55.8 Å². The van der Waals surface area contributed by atoms with E-state index in [1.54, 1.807) is 31.3 Å². The van der Waals surface area contributed by atoms with Crippen LogP contribution in [0.3, 0.4) is 0 Å². The summed E-state index contributed by atoms with van der Waals surface area (Å²) in [4.78, 5) is 26.6. The molecule has 1 aliphatic heterocycles. The van der Waals surface area contributed by atoms with E-state index in [1.165, 1.54) is 0 Å². The van der Waals surface area contributed by atoms with Gasteiger partial charge >= 0.3 is 5.97 Å².